The van der Waals surface area contributed by atoms with Crippen molar-refractivity contribution in [2.45, 2.75) is 19.9 Å². The molecule has 1 aromatic carbocycles. The van der Waals surface area contributed by atoms with Gasteiger partial charge >= 0.3 is 0 Å². The number of hydrogen-bond donors (Lipinski definition) is 2. The number of nitrogens with two attached hydrogens (primary N) is 1. The number of pyridine rings is 1. The quantitative estimate of drug-likeness (QED) is 0.835. The van der Waals surface area contributed by atoms with Gasteiger partial charge in [-0.3, -0.25) is 0 Å². The second-order valence-electron chi connectivity index (χ2n) is 4.22. The molecule has 3 N–H and O–H groups in total. The van der Waals surface area contributed by atoms with Gasteiger partial charge in [-0.1, -0.05) is 19.1 Å². The van der Waals surface area contributed by atoms with Crippen molar-refractivity contribution in [3.8, 4) is 5.75 Å². The van der Waals surface area contributed by atoms with Crippen LogP contribution in [0.5, 0.6) is 5.75 Å². The molecule has 1 aromatic heterocycles. The van der Waals surface area contributed by atoms with Crippen LogP contribution in [0.1, 0.15) is 18.9 Å². The summed E-state index contributed by atoms with van der Waals surface area (Å²) in [5, 5.41) is 3.26. The Kier molecular flexibility index (Phi) is 4.75. The van der Waals surface area contributed by atoms with E-state index in [2.05, 4.69) is 17.2 Å². The average Bonchev–Trinajstić information content (AvgIpc) is 2.47. The van der Waals surface area contributed by atoms with Crippen molar-refractivity contribution in [1.82, 2.24) is 4.98 Å². The first-order chi connectivity index (χ1) is 9.33. The molecule has 0 saturated carbocycles. The lowest BCUT2D eigenvalue weighted by molar-refractivity contribution is 0.318. The van der Waals surface area contributed by atoms with Gasteiger partial charge in [-0.2, -0.15) is 0 Å². The van der Waals surface area contributed by atoms with E-state index in [1.165, 1.54) is 0 Å². The summed E-state index contributed by atoms with van der Waals surface area (Å²) in [5.74, 6) is 1.50. The Morgan fingerprint density at radius 2 is 2.00 bits per heavy atom. The molecule has 0 aliphatic carbocycles. The van der Waals surface area contributed by atoms with E-state index in [-0.39, 0.29) is 0 Å². The third-order valence-electron chi connectivity index (χ3n) is 2.68. The predicted octanol–water partition coefficient (Wildman–Crippen LogP) is 3.07. The number of nitrogens with zero attached hydrogens (tertiary/aromatic N) is 1. The molecule has 0 fully saturated rings. The number of rotatable bonds is 6. The molecule has 0 saturated heterocycles. The minimum atomic E-state index is 0.550. The molecule has 100 valence electrons. The van der Waals surface area contributed by atoms with Gasteiger partial charge in [0.05, 0.1) is 6.61 Å². The van der Waals surface area contributed by atoms with E-state index in [0.717, 1.165) is 29.2 Å². The first kappa shape index (κ1) is 13.4. The second-order valence-corrected chi connectivity index (χ2v) is 4.22. The molecule has 0 atom stereocenters. The number of anilines is 2. The maximum atomic E-state index is 5.66. The molecular weight excluding hydrogens is 238 g/mol. The molecule has 0 amide bonds. The van der Waals surface area contributed by atoms with E-state index in [1.807, 2.05) is 36.4 Å². The van der Waals surface area contributed by atoms with Crippen molar-refractivity contribution >= 4 is 11.5 Å². The van der Waals surface area contributed by atoms with Crippen LogP contribution in [-0.2, 0) is 6.54 Å². The topological polar surface area (TPSA) is 60.2 Å². The second kappa shape index (κ2) is 6.75. The summed E-state index contributed by atoms with van der Waals surface area (Å²) in [6, 6.07) is 11.8. The fraction of sp³-hybridized carbons (Fsp3) is 0.267. The van der Waals surface area contributed by atoms with Gasteiger partial charge in [-0.15, -0.1) is 0 Å². The van der Waals surface area contributed by atoms with Crippen LogP contribution in [0.15, 0.2) is 42.6 Å². The molecule has 0 aliphatic rings. The minimum Gasteiger partial charge on any atom is -0.490 e. The van der Waals surface area contributed by atoms with Gasteiger partial charge in [0.1, 0.15) is 0 Å². The van der Waals surface area contributed by atoms with Gasteiger partial charge in [0.25, 0.3) is 0 Å². The first-order valence-electron chi connectivity index (χ1n) is 6.47. The first-order valence-corrected chi connectivity index (χ1v) is 6.47. The SMILES string of the molecule is CCCOc1cccnc1Nc1ccc(CN)cc1. The number of aromatic nitrogens is 1. The van der Waals surface area contributed by atoms with Crippen molar-refractivity contribution in [3.05, 3.63) is 48.2 Å². The Hall–Kier alpha value is -2.07. The molecule has 0 bridgehead atoms. The lowest BCUT2D eigenvalue weighted by Crippen LogP contribution is -2.01. The van der Waals surface area contributed by atoms with Crippen LogP contribution in [0.2, 0.25) is 0 Å². The van der Waals surface area contributed by atoms with E-state index in [4.69, 9.17) is 10.5 Å². The highest BCUT2D eigenvalue weighted by atomic mass is 16.5. The molecule has 0 radical (unpaired) electrons. The standard InChI is InChI=1S/C15H19N3O/c1-2-10-19-14-4-3-9-17-15(14)18-13-7-5-12(11-16)6-8-13/h3-9H,2,10-11,16H2,1H3,(H,17,18). The van der Waals surface area contributed by atoms with Gasteiger partial charge in [-0.05, 0) is 36.2 Å². The Morgan fingerprint density at radius 3 is 2.68 bits per heavy atom. The molecular formula is C15H19N3O. The Balaban J connectivity index is 2.12. The van der Waals surface area contributed by atoms with Gasteiger partial charge < -0.3 is 15.8 Å². The lowest BCUT2D eigenvalue weighted by atomic mass is 10.2. The number of benzene rings is 1. The van der Waals surface area contributed by atoms with Gasteiger partial charge in [0, 0.05) is 18.4 Å². The molecule has 4 nitrogen and oxygen atoms in total. The van der Waals surface area contributed by atoms with Crippen LogP contribution in [0.4, 0.5) is 11.5 Å². The fourth-order valence-corrected chi connectivity index (χ4v) is 1.67. The molecule has 1 heterocycles. The zero-order valence-electron chi connectivity index (χ0n) is 11.1. The zero-order chi connectivity index (χ0) is 13.5. The maximum absolute atomic E-state index is 5.66. The van der Waals surface area contributed by atoms with Gasteiger partial charge in [0.15, 0.2) is 11.6 Å². The Labute approximate surface area is 113 Å². The van der Waals surface area contributed by atoms with Crippen LogP contribution in [0, 0.1) is 0 Å². The summed E-state index contributed by atoms with van der Waals surface area (Å²) in [7, 11) is 0. The molecule has 0 unspecified atom stereocenters. The van der Waals surface area contributed by atoms with Crippen LogP contribution in [0.3, 0.4) is 0 Å². The molecule has 19 heavy (non-hydrogen) atoms. The summed E-state index contributed by atoms with van der Waals surface area (Å²) < 4.78 is 5.66. The van der Waals surface area contributed by atoms with Gasteiger partial charge in [-0.25, -0.2) is 4.98 Å². The normalized spacial score (nSPS) is 10.2. The molecule has 4 heteroatoms. The summed E-state index contributed by atoms with van der Waals surface area (Å²) in [5.41, 5.74) is 7.65. The van der Waals surface area contributed by atoms with Crippen LogP contribution < -0.4 is 15.8 Å². The lowest BCUT2D eigenvalue weighted by Gasteiger charge is -2.11. The largest absolute Gasteiger partial charge is 0.490 e. The van der Waals surface area contributed by atoms with E-state index in [9.17, 15) is 0 Å². The molecule has 2 aromatic rings. The van der Waals surface area contributed by atoms with Crippen LogP contribution in [0.25, 0.3) is 0 Å². The van der Waals surface area contributed by atoms with Crippen molar-refractivity contribution < 1.29 is 4.74 Å². The minimum absolute atomic E-state index is 0.550. The maximum Gasteiger partial charge on any atom is 0.173 e. The third kappa shape index (κ3) is 3.69. The molecule has 0 aliphatic heterocycles. The van der Waals surface area contributed by atoms with Crippen molar-refractivity contribution in [2.75, 3.05) is 11.9 Å². The highest BCUT2D eigenvalue weighted by Crippen LogP contribution is 2.25. The van der Waals surface area contributed by atoms with Crippen molar-refractivity contribution in [2.24, 2.45) is 5.73 Å². The Morgan fingerprint density at radius 1 is 1.21 bits per heavy atom. The average molecular weight is 257 g/mol. The predicted molar refractivity (Wildman–Crippen MR) is 77.6 cm³/mol. The Bertz CT molecular complexity index is 511. The van der Waals surface area contributed by atoms with Crippen molar-refractivity contribution in [1.29, 1.82) is 0 Å². The zero-order valence-corrected chi connectivity index (χ0v) is 11.1. The monoisotopic (exact) mass is 257 g/mol. The van der Waals surface area contributed by atoms with E-state index in [1.54, 1.807) is 6.20 Å². The third-order valence-corrected chi connectivity index (χ3v) is 2.68. The number of nitrogens with one attached hydrogen (secondary N) is 1. The smallest absolute Gasteiger partial charge is 0.173 e. The fourth-order valence-electron chi connectivity index (χ4n) is 1.67. The summed E-state index contributed by atoms with van der Waals surface area (Å²) in [6.07, 6.45) is 2.72. The molecule has 2 rings (SSSR count). The number of ether oxygens (including phenoxy) is 1. The van der Waals surface area contributed by atoms with Gasteiger partial charge in [0.2, 0.25) is 0 Å². The summed E-state index contributed by atoms with van der Waals surface area (Å²) >= 11 is 0. The van der Waals surface area contributed by atoms with E-state index < -0.39 is 0 Å². The number of hydrogen-bond acceptors (Lipinski definition) is 4. The molecule has 0 spiro atoms. The van der Waals surface area contributed by atoms with E-state index in [0.29, 0.717) is 13.2 Å². The van der Waals surface area contributed by atoms with Crippen LogP contribution in [-0.4, -0.2) is 11.6 Å². The van der Waals surface area contributed by atoms with Crippen LogP contribution >= 0.6 is 0 Å². The van der Waals surface area contributed by atoms with Crippen molar-refractivity contribution in [3.63, 3.8) is 0 Å². The summed E-state index contributed by atoms with van der Waals surface area (Å²) in [6.45, 7) is 3.32. The highest BCUT2D eigenvalue weighted by Gasteiger charge is 2.04. The summed E-state index contributed by atoms with van der Waals surface area (Å²) in [4.78, 5) is 4.31. The van der Waals surface area contributed by atoms with E-state index >= 15 is 0 Å². The highest BCUT2D eigenvalue weighted by molar-refractivity contribution is 5.62.